The summed E-state index contributed by atoms with van der Waals surface area (Å²) in [6.45, 7) is 61.3. The highest BCUT2D eigenvalue weighted by Gasteiger charge is 2.33. The van der Waals surface area contributed by atoms with Crippen LogP contribution in [0.2, 0.25) is 0 Å². The average Bonchev–Trinajstić information content (AvgIpc) is 1.71. The van der Waals surface area contributed by atoms with Crippen LogP contribution < -0.4 is 5.32 Å². The number of nitrogens with one attached hydrogen (secondary N) is 1. The molecule has 0 unspecified atom stereocenters. The van der Waals surface area contributed by atoms with Crippen LogP contribution >= 0.6 is 0 Å². The number of aliphatic hydroxyl groups is 4. The SMILES string of the molecule is CC1CCC(CO)CC1.CC1CCN(C)CC1.CC1CCN(C2CC2)CC1.CC1CCN(CC(F)(F)F)CC1.CC1CCN(CCF)CC1.CC1CN(C)C1.CC1CNC1.CCC(C)(C)O.CCCC(C)(C)C.CCCCO.CCCCOC.CCCO.CCCOC.CCc1ccccc1.CS(=O)(=O)Cc1ccccc1.C[C@@H]1CCN(CCC(F)(F)F)C1. The summed E-state index contributed by atoms with van der Waals surface area (Å²) in [5.41, 5.74) is 2.34. The molecular weight excluding hydrogens is 1600 g/mol. The van der Waals surface area contributed by atoms with Gasteiger partial charge in [-0.3, -0.25) is 4.90 Å². The lowest BCUT2D eigenvalue weighted by atomic mass is 9.84. The predicted octanol–water partition coefficient (Wildman–Crippen LogP) is 23.2. The molecule has 1 atom stereocenters. The minimum absolute atomic E-state index is 0.133. The van der Waals surface area contributed by atoms with Crippen molar-refractivity contribution in [1.82, 2.24) is 34.7 Å². The van der Waals surface area contributed by atoms with E-state index in [4.69, 9.17) is 29.9 Å². The molecule has 9 fully saturated rings. The van der Waals surface area contributed by atoms with E-state index < -0.39 is 40.8 Å². The van der Waals surface area contributed by atoms with E-state index in [0.29, 0.717) is 62.6 Å². The number of unbranched alkanes of at least 4 members (excludes halogenated alkanes) is 2. The van der Waals surface area contributed by atoms with Crippen molar-refractivity contribution in [1.29, 1.82) is 0 Å². The Morgan fingerprint density at radius 3 is 1.10 bits per heavy atom. The minimum Gasteiger partial charge on any atom is -0.396 e. The number of benzene rings is 2. The van der Waals surface area contributed by atoms with Crippen molar-refractivity contribution in [3.8, 4) is 0 Å². The van der Waals surface area contributed by atoms with Crippen LogP contribution in [0.3, 0.4) is 0 Å². The van der Waals surface area contributed by atoms with Crippen LogP contribution in [-0.2, 0) is 31.5 Å². The Morgan fingerprint density at radius 1 is 0.452 bits per heavy atom. The molecule has 0 aromatic heterocycles. The summed E-state index contributed by atoms with van der Waals surface area (Å²) in [5.74, 6) is 7.58. The molecule has 0 amide bonds. The Morgan fingerprint density at radius 2 is 0.863 bits per heavy atom. The molecule has 9 aliphatic rings. The molecule has 2 aromatic rings. The molecule has 15 nitrogen and oxygen atoms in total. The lowest BCUT2D eigenvalue weighted by Gasteiger charge is -2.33. The molecule has 742 valence electrons. The molecule has 2 aromatic carbocycles. The molecular formula is C101H200F7N7O8S. The average molecular weight is 1810 g/mol. The number of aryl methyl sites for hydroxylation is 1. The number of piperidine rings is 4. The molecule has 7 saturated heterocycles. The molecule has 7 aliphatic heterocycles. The van der Waals surface area contributed by atoms with E-state index in [0.717, 1.165) is 144 Å². The maximum absolute atomic E-state index is 11.9. The van der Waals surface area contributed by atoms with E-state index in [9.17, 15) is 39.2 Å². The second kappa shape index (κ2) is 82.3. The molecule has 2 aliphatic carbocycles. The van der Waals surface area contributed by atoms with Crippen LogP contribution in [0.5, 0.6) is 0 Å². The van der Waals surface area contributed by atoms with Gasteiger partial charge in [0.1, 0.15) is 6.67 Å². The monoisotopic (exact) mass is 1800 g/mol. The van der Waals surface area contributed by atoms with Crippen molar-refractivity contribution in [3.63, 3.8) is 0 Å². The molecule has 0 radical (unpaired) electrons. The lowest BCUT2D eigenvalue weighted by molar-refractivity contribution is -0.148. The highest BCUT2D eigenvalue weighted by molar-refractivity contribution is 7.89. The molecule has 0 bridgehead atoms. The van der Waals surface area contributed by atoms with E-state index >= 15 is 0 Å². The first-order valence-electron chi connectivity index (χ1n) is 48.7. The third-order valence-electron chi connectivity index (χ3n) is 22.5. The zero-order valence-corrected chi connectivity index (χ0v) is 85.4. The summed E-state index contributed by atoms with van der Waals surface area (Å²) in [6, 6.07) is 20.6. The Bertz CT molecular complexity index is 2570. The fourth-order valence-electron chi connectivity index (χ4n) is 13.3. The Kier molecular flexibility index (Phi) is 86.2. The number of halogens is 7. The second-order valence-electron chi connectivity index (χ2n) is 38.7. The van der Waals surface area contributed by atoms with E-state index in [1.54, 1.807) is 40.2 Å². The first kappa shape index (κ1) is 130. The van der Waals surface area contributed by atoms with Gasteiger partial charge in [0.25, 0.3) is 0 Å². The van der Waals surface area contributed by atoms with Crippen molar-refractivity contribution in [3.05, 3.63) is 71.8 Å². The second-order valence-corrected chi connectivity index (χ2v) is 40.8. The van der Waals surface area contributed by atoms with Crippen molar-refractivity contribution in [2.45, 2.75) is 335 Å². The number of likely N-dealkylation sites (tertiary alicyclic amines) is 6. The van der Waals surface area contributed by atoms with E-state index in [2.05, 4.69) is 174 Å². The van der Waals surface area contributed by atoms with Crippen LogP contribution in [-0.4, -0.2) is 268 Å². The van der Waals surface area contributed by atoms with Gasteiger partial charge in [-0.05, 0) is 298 Å². The summed E-state index contributed by atoms with van der Waals surface area (Å²) in [5, 5.41) is 36.7. The highest BCUT2D eigenvalue weighted by Crippen LogP contribution is 2.31. The zero-order valence-electron chi connectivity index (χ0n) is 84.6. The van der Waals surface area contributed by atoms with Gasteiger partial charge >= 0.3 is 12.4 Å². The van der Waals surface area contributed by atoms with Gasteiger partial charge in [-0.2, -0.15) is 26.3 Å². The van der Waals surface area contributed by atoms with E-state index in [-0.39, 0.29) is 19.0 Å². The molecule has 2 saturated carbocycles. The van der Waals surface area contributed by atoms with Gasteiger partial charge in [-0.1, -0.05) is 217 Å². The number of ether oxygens (including phenoxy) is 2. The van der Waals surface area contributed by atoms with Crippen LogP contribution in [0.4, 0.5) is 30.7 Å². The third kappa shape index (κ3) is 96.9. The number of hydrogen-bond donors (Lipinski definition) is 5. The standard InChI is InChI=1S/C9H17N.2C8H14F3N.C8H16FN.C8H10O2S.C8H16O.C8H10.C7H15N.C7H16.C5H11N.2C5H12O.C4H9N.2C4H10O.C3H8O/c1-8-4-6-10(7-5-8)9-2-3-9;1-7-2-4-12(6-7)5-3-8(9,10)11;1-7-2-4-12(5-3-7)6-8(9,10)11;1-8-2-5-10(6-3-8)7-4-9;1-11(9,10)7-8-5-3-2-4-6-8;1-7-2-4-8(6-9)5-3-7;1-2-8-6-4-3-5-7-8;1-7-3-5-8(2)6-4-7;1-5-6-7(2,3)4;1-5-3-6(2)4-5;1-4-5(2,3)6;1-3-4-5-6-2;1-4-2-5-3-4;1-3-4-5-2;1-2-3-4-5;1-2-3-4/h8-9H,2-7H2,1H3;2*7H,2-6H2,1H3;8H,2-7H2,1H3;2-6H,7H2,1H3;7-9H,2-6H2,1H3;3-7H,2H2,1H3;7H,3-6H2,1-2H3;5-6H2,1-4H3;5H,3-4H2,1-2H3;6H,4H2,1-3H3;3-5H2,1-2H3;4-5H,2-3H2,1H3;3-4H2,1-2H3;5H,2-4H2,1H3;4H,2-3H2,1H3/t;7-;;;;;;;;;;;;;;/m.1............../s1. The maximum atomic E-state index is 11.9. The van der Waals surface area contributed by atoms with Crippen molar-refractivity contribution in [2.24, 2.45) is 58.7 Å². The number of methoxy groups -OCH3 is 2. The summed E-state index contributed by atoms with van der Waals surface area (Å²) in [7, 11) is 4.92. The van der Waals surface area contributed by atoms with Crippen LogP contribution in [0.1, 0.15) is 310 Å². The van der Waals surface area contributed by atoms with E-state index in [1.165, 1.54) is 172 Å². The number of hydrogen-bond acceptors (Lipinski definition) is 15. The van der Waals surface area contributed by atoms with Gasteiger partial charge in [0.15, 0.2) is 9.84 Å². The molecule has 23 heteroatoms. The van der Waals surface area contributed by atoms with Crippen LogP contribution in [0, 0.1) is 58.7 Å². The van der Waals surface area contributed by atoms with Gasteiger partial charge in [-0.15, -0.1) is 0 Å². The Labute approximate surface area is 760 Å². The van der Waals surface area contributed by atoms with Gasteiger partial charge in [0.2, 0.25) is 0 Å². The fourth-order valence-corrected chi connectivity index (χ4v) is 14.1. The Hall–Kier alpha value is -2.62. The van der Waals surface area contributed by atoms with Crippen LogP contribution in [0.25, 0.3) is 0 Å². The van der Waals surface area contributed by atoms with Gasteiger partial charge in [0, 0.05) is 92.3 Å². The summed E-state index contributed by atoms with van der Waals surface area (Å²) < 4.78 is 114. The normalized spacial score (nSPS) is 20.1. The number of sulfone groups is 1. The van der Waals surface area contributed by atoms with Gasteiger partial charge < -0.3 is 59.7 Å². The maximum Gasteiger partial charge on any atom is 0.401 e. The largest absolute Gasteiger partial charge is 0.401 e. The minimum atomic E-state index is -4.03. The van der Waals surface area contributed by atoms with Crippen molar-refractivity contribution in [2.75, 3.05) is 186 Å². The number of rotatable bonds is 20. The lowest BCUT2D eigenvalue weighted by Crippen LogP contribution is -2.41. The van der Waals surface area contributed by atoms with Crippen LogP contribution in [0.15, 0.2) is 60.7 Å². The summed E-state index contributed by atoms with van der Waals surface area (Å²) in [6.07, 6.45) is 22.7. The quantitative estimate of drug-likeness (QED) is 0.0628. The topological polar surface area (TPSA) is 165 Å². The predicted molar refractivity (Wildman–Crippen MR) is 518 cm³/mol. The number of aliphatic hydroxyl groups excluding tert-OH is 3. The zero-order chi connectivity index (χ0) is 95.4. The first-order valence-corrected chi connectivity index (χ1v) is 50.7. The van der Waals surface area contributed by atoms with Gasteiger partial charge in [-0.25, -0.2) is 12.8 Å². The third-order valence-corrected chi connectivity index (χ3v) is 23.4. The molecule has 11 rings (SSSR count). The first-order chi connectivity index (χ1) is 58.2. The molecule has 7 heterocycles. The highest BCUT2D eigenvalue weighted by atomic mass is 32.2. The Balaban J connectivity index is -0.000000410. The molecule has 0 spiro atoms. The smallest absolute Gasteiger partial charge is 0.396 e. The summed E-state index contributed by atoms with van der Waals surface area (Å²) >= 11 is 0. The van der Waals surface area contributed by atoms with Crippen molar-refractivity contribution < 1.29 is 69.1 Å². The molecule has 124 heavy (non-hydrogen) atoms. The fraction of sp³-hybridized carbons (Fsp3) is 0.881. The van der Waals surface area contributed by atoms with Crippen molar-refractivity contribution >= 4 is 9.84 Å². The van der Waals surface area contributed by atoms with Gasteiger partial charge in [0.05, 0.1) is 24.3 Å². The number of nitrogens with zero attached hydrogens (tertiary/aromatic N) is 6. The molecule has 5 N–H and O–H groups in total. The van der Waals surface area contributed by atoms with E-state index in [1.807, 2.05) is 43.0 Å². The summed E-state index contributed by atoms with van der Waals surface area (Å²) in [4.78, 5) is 13.0. The number of alkyl halides is 7.